The molecule has 2 rings (SSSR count). The van der Waals surface area contributed by atoms with Crippen LogP contribution in [0.1, 0.15) is 30.1 Å². The van der Waals surface area contributed by atoms with Gasteiger partial charge in [-0.1, -0.05) is 11.6 Å². The van der Waals surface area contributed by atoms with E-state index >= 15 is 0 Å². The molecule has 1 fully saturated rings. The Hall–Kier alpha value is -1.64. The van der Waals surface area contributed by atoms with Crippen LogP contribution in [0.2, 0.25) is 5.02 Å². The summed E-state index contributed by atoms with van der Waals surface area (Å²) < 4.78 is 24.7. The van der Waals surface area contributed by atoms with Gasteiger partial charge in [-0.3, -0.25) is 9.59 Å². The molecule has 1 aromatic carbocycles. The SMILES string of the molecule is CCNC(=O)c1cc(NC(=O)[C@@H]2CCCN2S(C)(=O)=O)ccc1Cl. The van der Waals surface area contributed by atoms with Gasteiger partial charge in [0.1, 0.15) is 6.04 Å². The van der Waals surface area contributed by atoms with Crippen LogP contribution in [-0.2, 0) is 14.8 Å². The van der Waals surface area contributed by atoms with Crippen molar-refractivity contribution in [1.29, 1.82) is 0 Å². The van der Waals surface area contributed by atoms with Crippen LogP contribution in [-0.4, -0.2) is 49.9 Å². The standard InChI is InChI=1S/C15H20ClN3O4S/c1-3-17-14(20)11-9-10(6-7-12(11)16)18-15(21)13-5-4-8-19(13)24(2,22)23/h6-7,9,13H,3-5,8H2,1-2H3,(H,17,20)(H,18,21)/t13-/m0/s1. The van der Waals surface area contributed by atoms with Crippen LogP contribution in [0.5, 0.6) is 0 Å². The molecule has 1 heterocycles. The maximum Gasteiger partial charge on any atom is 0.252 e. The Morgan fingerprint density at radius 3 is 2.71 bits per heavy atom. The molecule has 9 heteroatoms. The van der Waals surface area contributed by atoms with E-state index in [0.29, 0.717) is 31.6 Å². The molecule has 0 saturated carbocycles. The predicted molar refractivity (Wildman–Crippen MR) is 92.7 cm³/mol. The van der Waals surface area contributed by atoms with Crippen LogP contribution >= 0.6 is 11.6 Å². The largest absolute Gasteiger partial charge is 0.352 e. The second kappa shape index (κ2) is 7.50. The van der Waals surface area contributed by atoms with Crippen molar-refractivity contribution in [3.05, 3.63) is 28.8 Å². The first kappa shape index (κ1) is 18.7. The number of sulfonamides is 1. The highest BCUT2D eigenvalue weighted by molar-refractivity contribution is 7.88. The zero-order chi connectivity index (χ0) is 17.9. The third-order valence-electron chi connectivity index (χ3n) is 3.75. The van der Waals surface area contributed by atoms with E-state index in [4.69, 9.17) is 11.6 Å². The van der Waals surface area contributed by atoms with E-state index in [0.717, 1.165) is 6.26 Å². The molecular formula is C15H20ClN3O4S. The molecule has 0 unspecified atom stereocenters. The van der Waals surface area contributed by atoms with E-state index < -0.39 is 22.0 Å². The lowest BCUT2D eigenvalue weighted by atomic mass is 10.1. The number of anilines is 1. The topological polar surface area (TPSA) is 95.6 Å². The van der Waals surface area contributed by atoms with E-state index in [1.165, 1.54) is 16.4 Å². The number of rotatable bonds is 5. The van der Waals surface area contributed by atoms with Gasteiger partial charge in [-0.05, 0) is 38.0 Å². The van der Waals surface area contributed by atoms with Crippen LogP contribution in [0.3, 0.4) is 0 Å². The lowest BCUT2D eigenvalue weighted by Crippen LogP contribution is -2.42. The van der Waals surface area contributed by atoms with Crippen LogP contribution < -0.4 is 10.6 Å². The molecule has 24 heavy (non-hydrogen) atoms. The molecule has 7 nitrogen and oxygen atoms in total. The fraction of sp³-hybridized carbons (Fsp3) is 0.467. The van der Waals surface area contributed by atoms with Gasteiger partial charge in [-0.2, -0.15) is 4.31 Å². The minimum absolute atomic E-state index is 0.253. The minimum Gasteiger partial charge on any atom is -0.352 e. The first-order valence-corrected chi connectivity index (χ1v) is 9.82. The first-order valence-electron chi connectivity index (χ1n) is 7.59. The summed E-state index contributed by atoms with van der Waals surface area (Å²) in [6, 6.07) is 3.84. The van der Waals surface area contributed by atoms with E-state index in [-0.39, 0.29) is 16.5 Å². The third-order valence-corrected chi connectivity index (χ3v) is 5.37. The average molecular weight is 374 g/mol. The van der Waals surface area contributed by atoms with E-state index in [1.54, 1.807) is 13.0 Å². The summed E-state index contributed by atoms with van der Waals surface area (Å²) in [5.41, 5.74) is 0.647. The Kier molecular flexibility index (Phi) is 5.84. The Morgan fingerprint density at radius 2 is 2.08 bits per heavy atom. The summed E-state index contributed by atoms with van der Waals surface area (Å²) in [5, 5.41) is 5.58. The minimum atomic E-state index is -3.44. The summed E-state index contributed by atoms with van der Waals surface area (Å²) in [6.45, 7) is 2.58. The van der Waals surface area contributed by atoms with Gasteiger partial charge < -0.3 is 10.6 Å². The smallest absolute Gasteiger partial charge is 0.252 e. The highest BCUT2D eigenvalue weighted by Crippen LogP contribution is 2.24. The zero-order valence-electron chi connectivity index (χ0n) is 13.5. The number of nitrogens with zero attached hydrogens (tertiary/aromatic N) is 1. The average Bonchev–Trinajstić information content (AvgIpc) is 2.99. The number of benzene rings is 1. The van der Waals surface area contributed by atoms with E-state index in [2.05, 4.69) is 10.6 Å². The number of amides is 2. The third kappa shape index (κ3) is 4.25. The maximum atomic E-state index is 12.4. The molecule has 1 aliphatic rings. The molecule has 0 radical (unpaired) electrons. The molecule has 1 atom stereocenters. The van der Waals surface area contributed by atoms with Gasteiger partial charge in [0.2, 0.25) is 15.9 Å². The van der Waals surface area contributed by atoms with Gasteiger partial charge in [-0.25, -0.2) is 8.42 Å². The van der Waals surface area contributed by atoms with Gasteiger partial charge in [0.25, 0.3) is 5.91 Å². The highest BCUT2D eigenvalue weighted by atomic mass is 35.5. The van der Waals surface area contributed by atoms with Gasteiger partial charge >= 0.3 is 0 Å². The number of halogens is 1. The lowest BCUT2D eigenvalue weighted by Gasteiger charge is -2.21. The van der Waals surface area contributed by atoms with Crippen molar-refractivity contribution in [2.24, 2.45) is 0 Å². The molecule has 2 N–H and O–H groups in total. The summed E-state index contributed by atoms with van der Waals surface area (Å²) in [7, 11) is -3.44. The number of carbonyl (C=O) groups is 2. The number of hydrogen-bond acceptors (Lipinski definition) is 4. The van der Waals surface area contributed by atoms with Gasteiger partial charge in [-0.15, -0.1) is 0 Å². The molecule has 132 valence electrons. The fourth-order valence-electron chi connectivity index (χ4n) is 2.66. The van der Waals surface area contributed by atoms with Crippen molar-refractivity contribution in [3.8, 4) is 0 Å². The van der Waals surface area contributed by atoms with Crippen molar-refractivity contribution in [1.82, 2.24) is 9.62 Å². The number of hydrogen-bond donors (Lipinski definition) is 2. The van der Waals surface area contributed by atoms with Crippen LogP contribution in [0, 0.1) is 0 Å². The zero-order valence-corrected chi connectivity index (χ0v) is 15.1. The molecule has 0 bridgehead atoms. The van der Waals surface area contributed by atoms with Crippen molar-refractivity contribution in [3.63, 3.8) is 0 Å². The van der Waals surface area contributed by atoms with Gasteiger partial charge in [0.15, 0.2) is 0 Å². The van der Waals surface area contributed by atoms with Crippen molar-refractivity contribution < 1.29 is 18.0 Å². The van der Waals surface area contributed by atoms with Crippen molar-refractivity contribution in [2.45, 2.75) is 25.8 Å². The first-order chi connectivity index (χ1) is 11.2. The van der Waals surface area contributed by atoms with Crippen LogP contribution in [0.25, 0.3) is 0 Å². The van der Waals surface area contributed by atoms with Crippen molar-refractivity contribution >= 4 is 39.1 Å². The summed E-state index contributed by atoms with van der Waals surface area (Å²) in [4.78, 5) is 24.4. The fourth-order valence-corrected chi connectivity index (χ4v) is 3.99. The normalized spacial score (nSPS) is 18.4. The molecule has 0 aromatic heterocycles. The predicted octanol–water partition coefficient (Wildman–Crippen LogP) is 1.45. The summed E-state index contributed by atoms with van der Waals surface area (Å²) >= 11 is 6.01. The van der Waals surface area contributed by atoms with Gasteiger partial charge in [0, 0.05) is 18.8 Å². The molecule has 2 amide bonds. The lowest BCUT2D eigenvalue weighted by molar-refractivity contribution is -0.119. The highest BCUT2D eigenvalue weighted by Gasteiger charge is 2.36. The van der Waals surface area contributed by atoms with E-state index in [1.807, 2.05) is 0 Å². The quantitative estimate of drug-likeness (QED) is 0.816. The Balaban J connectivity index is 2.17. The summed E-state index contributed by atoms with van der Waals surface area (Å²) in [5.74, 6) is -0.751. The van der Waals surface area contributed by atoms with Gasteiger partial charge in [0.05, 0.1) is 16.8 Å². The Bertz CT molecular complexity index is 751. The van der Waals surface area contributed by atoms with E-state index in [9.17, 15) is 18.0 Å². The monoisotopic (exact) mass is 373 g/mol. The molecule has 0 aliphatic carbocycles. The second-order valence-electron chi connectivity index (χ2n) is 5.58. The van der Waals surface area contributed by atoms with Crippen molar-refractivity contribution in [2.75, 3.05) is 24.7 Å². The molecule has 1 saturated heterocycles. The summed E-state index contributed by atoms with van der Waals surface area (Å²) in [6.07, 6.45) is 2.19. The Morgan fingerprint density at radius 1 is 1.38 bits per heavy atom. The maximum absolute atomic E-state index is 12.4. The molecule has 1 aromatic rings. The molecule has 0 spiro atoms. The molecule has 1 aliphatic heterocycles. The number of carbonyl (C=O) groups excluding carboxylic acids is 2. The van der Waals surface area contributed by atoms with Crippen LogP contribution in [0.4, 0.5) is 5.69 Å². The Labute approximate surface area is 146 Å². The second-order valence-corrected chi connectivity index (χ2v) is 7.92. The number of nitrogens with one attached hydrogen (secondary N) is 2. The van der Waals surface area contributed by atoms with Crippen LogP contribution in [0.15, 0.2) is 18.2 Å². The molecular weight excluding hydrogens is 354 g/mol.